The van der Waals surface area contributed by atoms with E-state index in [2.05, 4.69) is 0 Å². The summed E-state index contributed by atoms with van der Waals surface area (Å²) in [6, 6.07) is -2.05. The minimum Gasteiger partial charge on any atom is -0.394 e. The molecule has 0 unspecified atom stereocenters. The van der Waals surface area contributed by atoms with Gasteiger partial charge in [-0.25, -0.2) is 0 Å². The third-order valence-corrected chi connectivity index (χ3v) is 2.41. The first-order valence-electron chi connectivity index (χ1n) is 4.29. The van der Waals surface area contributed by atoms with Crippen molar-refractivity contribution in [2.45, 2.75) is 24.4 Å². The Balaban J connectivity index is 4.89. The molecule has 11 heteroatoms. The van der Waals surface area contributed by atoms with Gasteiger partial charge in [-0.05, 0) is 0 Å². The fourth-order valence-corrected chi connectivity index (χ4v) is 1.57. The molecule has 0 saturated carbocycles. The SMILES string of the molecule is NC(=O)[C@H](NS(=O)(=O)O)[C@@H](O)[C@H](O)[C@H](O)CO. The molecule has 1 amide bonds. The van der Waals surface area contributed by atoms with E-state index >= 15 is 0 Å². The van der Waals surface area contributed by atoms with Gasteiger partial charge in [0.15, 0.2) is 0 Å². The van der Waals surface area contributed by atoms with Crippen LogP contribution in [0, 0.1) is 0 Å². The molecule has 102 valence electrons. The lowest BCUT2D eigenvalue weighted by molar-refractivity contribution is -0.129. The smallest absolute Gasteiger partial charge is 0.334 e. The summed E-state index contributed by atoms with van der Waals surface area (Å²) in [5.41, 5.74) is 4.73. The van der Waals surface area contributed by atoms with Gasteiger partial charge in [-0.2, -0.15) is 13.1 Å². The van der Waals surface area contributed by atoms with Crippen LogP contribution >= 0.6 is 0 Å². The largest absolute Gasteiger partial charge is 0.394 e. The number of hydrogen-bond donors (Lipinski definition) is 7. The number of aliphatic hydroxyl groups is 4. The molecule has 0 fully saturated rings. The van der Waals surface area contributed by atoms with E-state index in [4.69, 9.17) is 20.5 Å². The third kappa shape index (κ3) is 5.36. The van der Waals surface area contributed by atoms with E-state index in [9.17, 15) is 23.4 Å². The maximum Gasteiger partial charge on any atom is 0.334 e. The highest BCUT2D eigenvalue weighted by molar-refractivity contribution is 7.83. The van der Waals surface area contributed by atoms with Crippen molar-refractivity contribution in [3.8, 4) is 0 Å². The van der Waals surface area contributed by atoms with Crippen molar-refractivity contribution in [1.29, 1.82) is 0 Å². The van der Waals surface area contributed by atoms with Crippen molar-refractivity contribution in [3.63, 3.8) is 0 Å². The van der Waals surface area contributed by atoms with Crippen LogP contribution in [0.1, 0.15) is 0 Å². The second kappa shape index (κ2) is 6.20. The molecule has 0 aromatic heterocycles. The van der Waals surface area contributed by atoms with Crippen molar-refractivity contribution in [2.75, 3.05) is 6.61 Å². The van der Waals surface area contributed by atoms with Gasteiger partial charge in [0.05, 0.1) is 6.61 Å². The topological polar surface area (TPSA) is 190 Å². The minimum absolute atomic E-state index is 0.935. The first-order chi connectivity index (χ1) is 7.60. The van der Waals surface area contributed by atoms with Crippen LogP contribution in [0.25, 0.3) is 0 Å². The van der Waals surface area contributed by atoms with Gasteiger partial charge in [0, 0.05) is 0 Å². The molecular formula is C6H14N2O8S. The summed E-state index contributed by atoms with van der Waals surface area (Å²) in [7, 11) is -4.85. The first-order valence-corrected chi connectivity index (χ1v) is 5.73. The summed E-state index contributed by atoms with van der Waals surface area (Å²) >= 11 is 0. The molecule has 0 radical (unpaired) electrons. The fraction of sp³-hybridized carbons (Fsp3) is 0.833. The van der Waals surface area contributed by atoms with E-state index in [0.29, 0.717) is 0 Å². The average Bonchev–Trinajstić information content (AvgIpc) is 2.21. The number of amides is 1. The number of nitrogens with two attached hydrogens (primary N) is 1. The van der Waals surface area contributed by atoms with E-state index in [1.807, 2.05) is 0 Å². The Bertz CT molecular complexity index is 357. The van der Waals surface area contributed by atoms with Crippen molar-refractivity contribution in [2.24, 2.45) is 5.73 Å². The molecule has 0 aliphatic carbocycles. The number of carbonyl (C=O) groups excluding carboxylic acids is 1. The maximum atomic E-state index is 10.8. The number of nitrogens with one attached hydrogen (secondary N) is 1. The van der Waals surface area contributed by atoms with Crippen LogP contribution in [-0.2, 0) is 15.1 Å². The third-order valence-electron chi connectivity index (χ3n) is 1.86. The Morgan fingerprint density at radius 2 is 1.71 bits per heavy atom. The molecule has 0 rings (SSSR count). The second-order valence-electron chi connectivity index (χ2n) is 3.20. The van der Waals surface area contributed by atoms with E-state index in [0.717, 1.165) is 0 Å². The Morgan fingerprint density at radius 3 is 2.00 bits per heavy atom. The van der Waals surface area contributed by atoms with Gasteiger partial charge in [0.2, 0.25) is 5.91 Å². The lowest BCUT2D eigenvalue weighted by atomic mass is 10.0. The molecule has 17 heavy (non-hydrogen) atoms. The molecule has 0 aromatic rings. The maximum absolute atomic E-state index is 10.8. The first kappa shape index (κ1) is 16.2. The Kier molecular flexibility index (Phi) is 5.91. The van der Waals surface area contributed by atoms with Gasteiger partial charge in [-0.15, -0.1) is 0 Å². The molecule has 0 spiro atoms. The summed E-state index contributed by atoms with van der Waals surface area (Å²) in [4.78, 5) is 10.8. The number of aliphatic hydroxyl groups excluding tert-OH is 4. The average molecular weight is 274 g/mol. The van der Waals surface area contributed by atoms with E-state index in [1.165, 1.54) is 4.72 Å². The zero-order valence-electron chi connectivity index (χ0n) is 8.46. The summed E-state index contributed by atoms with van der Waals surface area (Å²) in [6.45, 7) is -0.935. The predicted octanol–water partition coefficient (Wildman–Crippen LogP) is -4.69. The standard InChI is InChI=1S/C6H14N2O8S/c7-6(13)3(8-17(14,15)16)5(12)4(11)2(10)1-9/h2-5,8-12H,1H2,(H2,7,13)(H,14,15,16)/t2-,3-,4-,5-/m1/s1. The molecule has 10 nitrogen and oxygen atoms in total. The van der Waals surface area contributed by atoms with E-state index in [-0.39, 0.29) is 0 Å². The molecule has 8 N–H and O–H groups in total. The lowest BCUT2D eigenvalue weighted by Crippen LogP contribution is -2.57. The zero-order valence-corrected chi connectivity index (χ0v) is 9.28. The van der Waals surface area contributed by atoms with E-state index < -0.39 is 47.2 Å². The summed E-state index contributed by atoms with van der Waals surface area (Å²) < 4.78 is 30.6. The summed E-state index contributed by atoms with van der Waals surface area (Å²) in [5, 5.41) is 36.0. The summed E-state index contributed by atoms with van der Waals surface area (Å²) in [5.74, 6) is -1.39. The summed E-state index contributed by atoms with van der Waals surface area (Å²) in [6.07, 6.45) is -5.99. The molecule has 0 bridgehead atoms. The van der Waals surface area contributed by atoms with Crippen LogP contribution in [0.2, 0.25) is 0 Å². The molecule has 0 aliphatic heterocycles. The Hall–Kier alpha value is -0.820. The van der Waals surface area contributed by atoms with Gasteiger partial charge in [0.25, 0.3) is 0 Å². The van der Waals surface area contributed by atoms with Gasteiger partial charge in [-0.1, -0.05) is 0 Å². The quantitative estimate of drug-likeness (QED) is 0.225. The molecule has 0 saturated heterocycles. The number of primary amides is 1. The monoisotopic (exact) mass is 274 g/mol. The Labute approximate surface area is 96.6 Å². The molecule has 4 atom stereocenters. The van der Waals surface area contributed by atoms with Crippen LogP contribution in [0.15, 0.2) is 0 Å². The van der Waals surface area contributed by atoms with Crippen LogP contribution < -0.4 is 10.5 Å². The highest BCUT2D eigenvalue weighted by Crippen LogP contribution is 2.05. The number of rotatable bonds is 7. The van der Waals surface area contributed by atoms with Crippen molar-refractivity contribution >= 4 is 16.2 Å². The highest BCUT2D eigenvalue weighted by atomic mass is 32.2. The lowest BCUT2D eigenvalue weighted by Gasteiger charge is -2.26. The molecule has 0 aromatic carbocycles. The number of carbonyl (C=O) groups is 1. The highest BCUT2D eigenvalue weighted by Gasteiger charge is 2.36. The van der Waals surface area contributed by atoms with Gasteiger partial charge in [-0.3, -0.25) is 9.35 Å². The number of hydrogen-bond acceptors (Lipinski definition) is 7. The van der Waals surface area contributed by atoms with Gasteiger partial charge >= 0.3 is 10.3 Å². The van der Waals surface area contributed by atoms with Crippen LogP contribution in [0.3, 0.4) is 0 Å². The molecule has 0 aliphatic rings. The second-order valence-corrected chi connectivity index (χ2v) is 4.39. The van der Waals surface area contributed by atoms with E-state index in [1.54, 1.807) is 0 Å². The fourth-order valence-electron chi connectivity index (χ4n) is 0.989. The van der Waals surface area contributed by atoms with Crippen LogP contribution in [-0.4, -0.2) is 70.3 Å². The van der Waals surface area contributed by atoms with Gasteiger partial charge < -0.3 is 26.2 Å². The molecule has 0 heterocycles. The Morgan fingerprint density at radius 1 is 1.24 bits per heavy atom. The predicted molar refractivity (Wildman–Crippen MR) is 52.8 cm³/mol. The van der Waals surface area contributed by atoms with Crippen molar-refractivity contribution in [1.82, 2.24) is 4.72 Å². The van der Waals surface area contributed by atoms with Crippen LogP contribution in [0.4, 0.5) is 0 Å². The normalized spacial score (nSPS) is 19.4. The van der Waals surface area contributed by atoms with Crippen molar-refractivity contribution in [3.05, 3.63) is 0 Å². The minimum atomic E-state index is -4.85. The van der Waals surface area contributed by atoms with Gasteiger partial charge in [0.1, 0.15) is 24.4 Å². The van der Waals surface area contributed by atoms with Crippen molar-refractivity contribution < 1.29 is 38.2 Å². The zero-order chi connectivity index (χ0) is 13.8. The molecular weight excluding hydrogens is 260 g/mol. The van der Waals surface area contributed by atoms with Crippen LogP contribution in [0.5, 0.6) is 0 Å².